The number of oxime groups is 1. The Morgan fingerprint density at radius 2 is 2.00 bits per heavy atom. The molecule has 0 fully saturated rings. The molecule has 0 aliphatic rings. The van der Waals surface area contributed by atoms with Gasteiger partial charge in [-0.3, -0.25) is 9.78 Å². The molecule has 2 aromatic rings. The van der Waals surface area contributed by atoms with Gasteiger partial charge in [-0.25, -0.2) is 0 Å². The van der Waals surface area contributed by atoms with Gasteiger partial charge in [-0.2, -0.15) is 0 Å². The lowest BCUT2D eigenvalue weighted by molar-refractivity contribution is 0.0785. The molecule has 0 aliphatic carbocycles. The van der Waals surface area contributed by atoms with Crippen LogP contribution in [0, 0.1) is 0 Å². The highest BCUT2D eigenvalue weighted by Gasteiger charge is 2.12. The molecule has 6 nitrogen and oxygen atoms in total. The summed E-state index contributed by atoms with van der Waals surface area (Å²) >= 11 is 0. The fraction of sp³-hybridized carbons (Fsp3) is 0.133. The summed E-state index contributed by atoms with van der Waals surface area (Å²) in [5, 5.41) is 11.7. The minimum atomic E-state index is -0.0911. The Balaban J connectivity index is 2.13. The molecular weight excluding hydrogens is 268 g/mol. The minimum Gasteiger partial charge on any atom is -0.409 e. The summed E-state index contributed by atoms with van der Waals surface area (Å²) in [6, 6.07) is 10.5. The third-order valence-corrected chi connectivity index (χ3v) is 3.02. The normalized spacial score (nSPS) is 11.2. The van der Waals surface area contributed by atoms with E-state index in [9.17, 15) is 4.79 Å². The van der Waals surface area contributed by atoms with Crippen LogP contribution in [0.25, 0.3) is 0 Å². The van der Waals surface area contributed by atoms with Crippen LogP contribution >= 0.6 is 0 Å². The number of benzene rings is 1. The summed E-state index contributed by atoms with van der Waals surface area (Å²) in [7, 11) is 1.72. The minimum absolute atomic E-state index is 0.0416. The van der Waals surface area contributed by atoms with Crippen molar-refractivity contribution < 1.29 is 10.0 Å². The van der Waals surface area contributed by atoms with E-state index in [1.165, 1.54) is 0 Å². The molecule has 1 heterocycles. The summed E-state index contributed by atoms with van der Waals surface area (Å²) in [5.41, 5.74) is 7.64. The first-order chi connectivity index (χ1) is 10.1. The number of nitrogens with two attached hydrogens (primary N) is 1. The highest BCUT2D eigenvalue weighted by Crippen LogP contribution is 2.10. The van der Waals surface area contributed by atoms with Crippen molar-refractivity contribution in [2.24, 2.45) is 10.9 Å². The Hall–Kier alpha value is -2.89. The van der Waals surface area contributed by atoms with Gasteiger partial charge in [0.25, 0.3) is 5.91 Å². The SMILES string of the molecule is CN(Cc1cccc(C(N)=NO)c1)C(=O)c1ccncc1. The molecule has 0 atom stereocenters. The van der Waals surface area contributed by atoms with Crippen molar-refractivity contribution in [1.29, 1.82) is 0 Å². The van der Waals surface area contributed by atoms with E-state index < -0.39 is 0 Å². The number of pyridine rings is 1. The van der Waals surface area contributed by atoms with Gasteiger partial charge in [0.05, 0.1) is 0 Å². The van der Waals surface area contributed by atoms with E-state index in [1.54, 1.807) is 54.7 Å². The molecule has 0 radical (unpaired) electrons. The third kappa shape index (κ3) is 3.56. The summed E-state index contributed by atoms with van der Waals surface area (Å²) in [6.07, 6.45) is 3.17. The van der Waals surface area contributed by atoms with E-state index in [0.717, 1.165) is 5.56 Å². The van der Waals surface area contributed by atoms with Crippen molar-refractivity contribution in [3.63, 3.8) is 0 Å². The van der Waals surface area contributed by atoms with Crippen molar-refractivity contribution in [1.82, 2.24) is 9.88 Å². The van der Waals surface area contributed by atoms with E-state index in [4.69, 9.17) is 10.9 Å². The maximum absolute atomic E-state index is 12.2. The van der Waals surface area contributed by atoms with Crippen LogP contribution < -0.4 is 5.73 Å². The first-order valence-corrected chi connectivity index (χ1v) is 6.34. The molecule has 1 aromatic carbocycles. The standard InChI is InChI=1S/C15H16N4O2/c1-19(15(20)12-5-7-17-8-6-12)10-11-3-2-4-13(9-11)14(16)18-21/h2-9,21H,10H2,1H3,(H2,16,18). The van der Waals surface area contributed by atoms with Gasteiger partial charge >= 0.3 is 0 Å². The van der Waals surface area contributed by atoms with Gasteiger partial charge in [0.1, 0.15) is 0 Å². The summed E-state index contributed by atoms with van der Waals surface area (Å²) < 4.78 is 0. The second kappa shape index (κ2) is 6.51. The molecule has 0 bridgehead atoms. The molecule has 0 unspecified atom stereocenters. The van der Waals surface area contributed by atoms with E-state index in [-0.39, 0.29) is 11.7 Å². The van der Waals surface area contributed by atoms with Crippen molar-refractivity contribution in [3.8, 4) is 0 Å². The Labute approximate surface area is 122 Å². The smallest absolute Gasteiger partial charge is 0.254 e. The number of nitrogens with zero attached hydrogens (tertiary/aromatic N) is 3. The molecule has 2 rings (SSSR count). The van der Waals surface area contributed by atoms with Crippen molar-refractivity contribution in [3.05, 3.63) is 65.5 Å². The van der Waals surface area contributed by atoms with Gasteiger partial charge in [-0.15, -0.1) is 0 Å². The van der Waals surface area contributed by atoms with Crippen LogP contribution in [0.5, 0.6) is 0 Å². The quantitative estimate of drug-likeness (QED) is 0.385. The Bertz CT molecular complexity index is 656. The van der Waals surface area contributed by atoms with Gasteiger partial charge in [0.15, 0.2) is 5.84 Å². The number of aromatic nitrogens is 1. The number of carbonyl (C=O) groups excluding carboxylic acids is 1. The molecule has 0 saturated heterocycles. The molecule has 3 N–H and O–H groups in total. The lowest BCUT2D eigenvalue weighted by atomic mass is 10.1. The van der Waals surface area contributed by atoms with Crippen LogP contribution in [-0.4, -0.2) is 33.9 Å². The predicted molar refractivity (Wildman–Crippen MR) is 79.0 cm³/mol. The van der Waals surface area contributed by atoms with Crippen molar-refractivity contribution in [2.75, 3.05) is 7.05 Å². The first kappa shape index (κ1) is 14.5. The first-order valence-electron chi connectivity index (χ1n) is 6.34. The summed E-state index contributed by atoms with van der Waals surface area (Å²) in [4.78, 5) is 17.7. The largest absolute Gasteiger partial charge is 0.409 e. The monoisotopic (exact) mass is 284 g/mol. The Morgan fingerprint density at radius 1 is 1.29 bits per heavy atom. The van der Waals surface area contributed by atoms with Crippen LogP contribution in [-0.2, 0) is 6.54 Å². The van der Waals surface area contributed by atoms with Crippen LogP contribution in [0.4, 0.5) is 0 Å². The van der Waals surface area contributed by atoms with Gasteiger partial charge < -0.3 is 15.8 Å². The van der Waals surface area contributed by atoms with E-state index in [0.29, 0.717) is 17.7 Å². The molecule has 0 saturated carbocycles. The summed E-state index contributed by atoms with van der Waals surface area (Å²) in [6.45, 7) is 0.424. The lowest BCUT2D eigenvalue weighted by Gasteiger charge is -2.17. The molecule has 21 heavy (non-hydrogen) atoms. The van der Waals surface area contributed by atoms with Crippen molar-refractivity contribution in [2.45, 2.75) is 6.54 Å². The molecule has 0 aliphatic heterocycles. The lowest BCUT2D eigenvalue weighted by Crippen LogP contribution is -2.26. The Kier molecular flexibility index (Phi) is 4.50. The van der Waals surface area contributed by atoms with Gasteiger partial charge in [0.2, 0.25) is 0 Å². The molecular formula is C15H16N4O2. The van der Waals surface area contributed by atoms with Crippen LogP contribution in [0.1, 0.15) is 21.5 Å². The maximum atomic E-state index is 12.2. The highest BCUT2D eigenvalue weighted by molar-refractivity contribution is 5.97. The number of amidine groups is 1. The molecule has 0 spiro atoms. The molecule has 1 aromatic heterocycles. The summed E-state index contributed by atoms with van der Waals surface area (Å²) in [5.74, 6) is -0.0495. The average molecular weight is 284 g/mol. The van der Waals surface area contributed by atoms with Crippen LogP contribution in [0.2, 0.25) is 0 Å². The highest BCUT2D eigenvalue weighted by atomic mass is 16.4. The Morgan fingerprint density at radius 3 is 2.67 bits per heavy atom. The second-order valence-electron chi connectivity index (χ2n) is 4.58. The number of amides is 1. The number of carbonyl (C=O) groups is 1. The van der Waals surface area contributed by atoms with Crippen LogP contribution in [0.15, 0.2) is 53.9 Å². The van der Waals surface area contributed by atoms with Crippen molar-refractivity contribution >= 4 is 11.7 Å². The molecule has 1 amide bonds. The van der Waals surface area contributed by atoms with E-state index >= 15 is 0 Å². The van der Waals surface area contributed by atoms with Crippen LogP contribution in [0.3, 0.4) is 0 Å². The maximum Gasteiger partial charge on any atom is 0.254 e. The zero-order valence-corrected chi connectivity index (χ0v) is 11.6. The second-order valence-corrected chi connectivity index (χ2v) is 4.58. The predicted octanol–water partition coefficient (Wildman–Crippen LogP) is 1.45. The number of hydrogen-bond donors (Lipinski definition) is 2. The van der Waals surface area contributed by atoms with E-state index in [2.05, 4.69) is 10.1 Å². The van der Waals surface area contributed by atoms with Gasteiger partial charge in [-0.05, 0) is 23.8 Å². The van der Waals surface area contributed by atoms with E-state index in [1.807, 2.05) is 6.07 Å². The number of rotatable bonds is 4. The zero-order valence-electron chi connectivity index (χ0n) is 11.6. The topological polar surface area (TPSA) is 91.8 Å². The fourth-order valence-electron chi connectivity index (χ4n) is 1.95. The average Bonchev–Trinajstić information content (AvgIpc) is 2.54. The third-order valence-electron chi connectivity index (χ3n) is 3.02. The zero-order chi connectivity index (χ0) is 15.2. The number of hydrogen-bond acceptors (Lipinski definition) is 4. The molecule has 108 valence electrons. The fourth-order valence-corrected chi connectivity index (χ4v) is 1.95. The van der Waals surface area contributed by atoms with Gasteiger partial charge in [-0.1, -0.05) is 23.4 Å². The van der Waals surface area contributed by atoms with Gasteiger partial charge in [0, 0.05) is 37.1 Å². The molecule has 6 heteroatoms.